The van der Waals surface area contributed by atoms with Gasteiger partial charge in [-0.3, -0.25) is 10.1 Å². The van der Waals surface area contributed by atoms with Gasteiger partial charge in [-0.2, -0.15) is 0 Å². The molecule has 0 unspecified atom stereocenters. The summed E-state index contributed by atoms with van der Waals surface area (Å²) in [5, 5.41) is 10.6. The average molecular weight is 206 g/mol. The Morgan fingerprint density at radius 1 is 1.47 bits per heavy atom. The minimum atomic E-state index is -0.335. The molecule has 4 nitrogen and oxygen atoms in total. The van der Waals surface area contributed by atoms with Gasteiger partial charge >= 0.3 is 0 Å². The molecular weight excluding hydrogens is 192 g/mol. The number of hydrogen-bond donors (Lipinski definition) is 0. The molecule has 0 saturated heterocycles. The number of nitro groups is 1. The molecule has 0 aliphatic carbocycles. The van der Waals surface area contributed by atoms with Gasteiger partial charge in [0, 0.05) is 30.4 Å². The lowest BCUT2D eigenvalue weighted by atomic mass is 10.1. The predicted molar refractivity (Wildman–Crippen MR) is 59.3 cm³/mol. The monoisotopic (exact) mass is 206 g/mol. The first kappa shape index (κ1) is 9.96. The van der Waals surface area contributed by atoms with Crippen LogP contribution < -0.4 is 4.90 Å². The normalized spacial score (nSPS) is 14.5. The maximum Gasteiger partial charge on any atom is 0.269 e. The molecule has 15 heavy (non-hydrogen) atoms. The molecule has 0 amide bonds. The van der Waals surface area contributed by atoms with Gasteiger partial charge in [0.25, 0.3) is 5.69 Å². The van der Waals surface area contributed by atoms with Crippen molar-refractivity contribution < 1.29 is 4.92 Å². The van der Waals surface area contributed by atoms with Crippen LogP contribution in [-0.4, -0.2) is 17.5 Å². The summed E-state index contributed by atoms with van der Waals surface area (Å²) in [5.74, 6) is 0. The van der Waals surface area contributed by atoms with E-state index in [9.17, 15) is 10.1 Å². The first-order chi connectivity index (χ1) is 7.09. The number of nitrogens with zero attached hydrogens (tertiary/aromatic N) is 2. The van der Waals surface area contributed by atoms with Crippen LogP contribution in [0.2, 0.25) is 0 Å². The van der Waals surface area contributed by atoms with Crippen molar-refractivity contribution in [1.82, 2.24) is 0 Å². The van der Waals surface area contributed by atoms with E-state index in [-0.39, 0.29) is 10.6 Å². The van der Waals surface area contributed by atoms with Crippen LogP contribution in [0.5, 0.6) is 0 Å². The van der Waals surface area contributed by atoms with Gasteiger partial charge in [0.2, 0.25) is 0 Å². The molecule has 0 saturated carbocycles. The predicted octanol–water partition coefficient (Wildman–Crippen LogP) is 2.37. The van der Waals surface area contributed by atoms with Crippen molar-refractivity contribution in [3.63, 3.8) is 0 Å². The molecule has 80 valence electrons. The largest absolute Gasteiger partial charge is 0.369 e. The fourth-order valence-corrected chi connectivity index (χ4v) is 2.06. The van der Waals surface area contributed by atoms with Gasteiger partial charge in [0.05, 0.1) is 4.92 Å². The molecule has 1 aromatic carbocycles. The van der Waals surface area contributed by atoms with E-state index >= 15 is 0 Å². The zero-order valence-electron chi connectivity index (χ0n) is 8.93. The highest BCUT2D eigenvalue weighted by Gasteiger charge is 2.22. The van der Waals surface area contributed by atoms with Crippen LogP contribution in [0.25, 0.3) is 0 Å². The highest BCUT2D eigenvalue weighted by Crippen LogP contribution is 2.32. The topological polar surface area (TPSA) is 46.4 Å². The molecule has 0 spiro atoms. The standard InChI is InChI=1S/C11H14N2O2/c1-8(2)12-6-5-9-7-10(13(14)15)3-4-11(9)12/h3-4,7-8H,5-6H2,1-2H3. The Morgan fingerprint density at radius 2 is 2.20 bits per heavy atom. The number of nitro benzene ring substituents is 1. The Labute approximate surface area is 88.7 Å². The van der Waals surface area contributed by atoms with Crippen LogP contribution in [0, 0.1) is 10.1 Å². The minimum Gasteiger partial charge on any atom is -0.369 e. The Balaban J connectivity index is 2.37. The molecule has 0 bridgehead atoms. The second kappa shape index (κ2) is 3.53. The Hall–Kier alpha value is -1.58. The fourth-order valence-electron chi connectivity index (χ4n) is 2.06. The van der Waals surface area contributed by atoms with Crippen molar-refractivity contribution in [2.24, 2.45) is 0 Å². The lowest BCUT2D eigenvalue weighted by Crippen LogP contribution is -2.28. The molecule has 0 radical (unpaired) electrons. The first-order valence-electron chi connectivity index (χ1n) is 5.13. The van der Waals surface area contributed by atoms with Crippen molar-refractivity contribution in [2.45, 2.75) is 26.3 Å². The zero-order valence-corrected chi connectivity index (χ0v) is 8.93. The van der Waals surface area contributed by atoms with E-state index in [1.54, 1.807) is 12.1 Å². The van der Waals surface area contributed by atoms with Gasteiger partial charge in [0.1, 0.15) is 0 Å². The van der Waals surface area contributed by atoms with E-state index in [1.165, 1.54) is 0 Å². The molecule has 4 heteroatoms. The number of anilines is 1. The van der Waals surface area contributed by atoms with Crippen molar-refractivity contribution in [1.29, 1.82) is 0 Å². The van der Waals surface area contributed by atoms with Crippen LogP contribution in [0.3, 0.4) is 0 Å². The minimum absolute atomic E-state index is 0.194. The van der Waals surface area contributed by atoms with E-state index in [1.807, 2.05) is 6.07 Å². The van der Waals surface area contributed by atoms with Crippen molar-refractivity contribution in [3.05, 3.63) is 33.9 Å². The summed E-state index contributed by atoms with van der Waals surface area (Å²) < 4.78 is 0. The van der Waals surface area contributed by atoms with E-state index in [0.717, 1.165) is 24.2 Å². The maximum absolute atomic E-state index is 10.6. The summed E-state index contributed by atoms with van der Waals surface area (Å²) in [5.41, 5.74) is 2.44. The summed E-state index contributed by atoms with van der Waals surface area (Å²) in [7, 11) is 0. The van der Waals surface area contributed by atoms with Gasteiger partial charge < -0.3 is 4.90 Å². The molecular formula is C11H14N2O2. The molecule has 1 heterocycles. The van der Waals surface area contributed by atoms with Crippen LogP contribution >= 0.6 is 0 Å². The van der Waals surface area contributed by atoms with Gasteiger partial charge in [-0.05, 0) is 31.9 Å². The maximum atomic E-state index is 10.6. The molecule has 1 aromatic rings. The van der Waals surface area contributed by atoms with E-state index in [2.05, 4.69) is 18.7 Å². The third-order valence-corrected chi connectivity index (χ3v) is 2.83. The molecule has 0 aromatic heterocycles. The van der Waals surface area contributed by atoms with E-state index in [4.69, 9.17) is 0 Å². The molecule has 1 aliphatic heterocycles. The lowest BCUT2D eigenvalue weighted by Gasteiger charge is -2.23. The third kappa shape index (κ3) is 1.67. The highest BCUT2D eigenvalue weighted by atomic mass is 16.6. The van der Waals surface area contributed by atoms with Crippen molar-refractivity contribution in [3.8, 4) is 0 Å². The number of benzene rings is 1. The summed E-state index contributed by atoms with van der Waals surface area (Å²) in [4.78, 5) is 12.5. The first-order valence-corrected chi connectivity index (χ1v) is 5.13. The molecule has 0 atom stereocenters. The Bertz CT molecular complexity index is 402. The number of fused-ring (bicyclic) bond motifs is 1. The van der Waals surface area contributed by atoms with Crippen molar-refractivity contribution >= 4 is 11.4 Å². The quantitative estimate of drug-likeness (QED) is 0.551. The van der Waals surface area contributed by atoms with Gasteiger partial charge in [-0.25, -0.2) is 0 Å². The Morgan fingerprint density at radius 3 is 2.80 bits per heavy atom. The second-order valence-corrected chi connectivity index (χ2v) is 4.11. The highest BCUT2D eigenvalue weighted by molar-refractivity contribution is 5.61. The SMILES string of the molecule is CC(C)N1CCc2cc([N+](=O)[O-])ccc21. The van der Waals surface area contributed by atoms with E-state index < -0.39 is 0 Å². The van der Waals surface area contributed by atoms with Crippen LogP contribution in [-0.2, 0) is 6.42 Å². The van der Waals surface area contributed by atoms with Gasteiger partial charge in [-0.15, -0.1) is 0 Å². The molecule has 2 rings (SSSR count). The second-order valence-electron chi connectivity index (χ2n) is 4.11. The fraction of sp³-hybridized carbons (Fsp3) is 0.455. The van der Waals surface area contributed by atoms with Crippen LogP contribution in [0.4, 0.5) is 11.4 Å². The van der Waals surface area contributed by atoms with Crippen LogP contribution in [0.1, 0.15) is 19.4 Å². The molecule has 0 fully saturated rings. The van der Waals surface area contributed by atoms with Gasteiger partial charge in [0.15, 0.2) is 0 Å². The molecule has 1 aliphatic rings. The summed E-state index contributed by atoms with van der Waals surface area (Å²) >= 11 is 0. The van der Waals surface area contributed by atoms with Crippen LogP contribution in [0.15, 0.2) is 18.2 Å². The summed E-state index contributed by atoms with van der Waals surface area (Å²) in [6, 6.07) is 5.59. The number of rotatable bonds is 2. The van der Waals surface area contributed by atoms with Crippen molar-refractivity contribution in [2.75, 3.05) is 11.4 Å². The van der Waals surface area contributed by atoms with Gasteiger partial charge in [-0.1, -0.05) is 0 Å². The Kier molecular flexibility index (Phi) is 2.34. The number of non-ortho nitro benzene ring substituents is 1. The average Bonchev–Trinajstić information content (AvgIpc) is 2.59. The number of hydrogen-bond acceptors (Lipinski definition) is 3. The molecule has 0 N–H and O–H groups in total. The smallest absolute Gasteiger partial charge is 0.269 e. The lowest BCUT2D eigenvalue weighted by molar-refractivity contribution is -0.384. The summed E-state index contributed by atoms with van der Waals surface area (Å²) in [6.07, 6.45) is 0.912. The zero-order chi connectivity index (χ0) is 11.0. The third-order valence-electron chi connectivity index (χ3n) is 2.83. The summed E-state index contributed by atoms with van der Waals surface area (Å²) in [6.45, 7) is 5.24. The van der Waals surface area contributed by atoms with E-state index in [0.29, 0.717) is 6.04 Å².